The number of rotatable bonds is 9. The fraction of sp³-hybridized carbons (Fsp3) is 0.469. The molecule has 2 aromatic carbocycles. The lowest BCUT2D eigenvalue weighted by Gasteiger charge is -2.37. The molecule has 2 heterocycles. The van der Waals surface area contributed by atoms with Crippen molar-refractivity contribution in [2.24, 2.45) is 0 Å². The average Bonchev–Trinajstić information content (AvgIpc) is 3.32. The van der Waals surface area contributed by atoms with Crippen LogP contribution in [0.5, 0.6) is 5.75 Å². The van der Waals surface area contributed by atoms with Crippen molar-refractivity contribution in [2.45, 2.75) is 58.2 Å². The summed E-state index contributed by atoms with van der Waals surface area (Å²) in [6.07, 6.45) is -4.26. The minimum absolute atomic E-state index is 0.132. The average molecular weight is 605 g/mol. The largest absolute Gasteiger partial charge is 0.495 e. The normalized spacial score (nSPS) is 17.1. The van der Waals surface area contributed by atoms with E-state index in [4.69, 9.17) is 4.74 Å². The molecule has 7 nitrogen and oxygen atoms in total. The molecule has 2 N–H and O–H groups in total. The van der Waals surface area contributed by atoms with E-state index < -0.39 is 24.9 Å². The van der Waals surface area contributed by atoms with E-state index in [0.717, 1.165) is 17.7 Å². The van der Waals surface area contributed by atoms with E-state index in [-0.39, 0.29) is 18.3 Å². The zero-order chi connectivity index (χ0) is 31.6. The lowest BCUT2D eigenvalue weighted by atomic mass is 10.0. The van der Waals surface area contributed by atoms with Gasteiger partial charge in [0.2, 0.25) is 0 Å². The fourth-order valence-corrected chi connectivity index (χ4v) is 4.82. The standard InChI is InChI=1S/C29H32F4N4O2.C3H8O/c1-19(2)36-13-11-25(23(30)16-36)35-24-7-4-8-27-22(24)15-21(37(27)18-29(31,32)33)6-5-12-34-26-10-9-20(17-38)14-28(26)39-3;1-3-4-2/h4,7-10,14-15,17,19,23,25,34-35H,11-13,16,18H2,1-3H3;3H2,1-2H3. The van der Waals surface area contributed by atoms with E-state index in [0.29, 0.717) is 52.8 Å². The van der Waals surface area contributed by atoms with Crippen molar-refractivity contribution in [3.8, 4) is 17.6 Å². The highest BCUT2D eigenvalue weighted by atomic mass is 19.4. The van der Waals surface area contributed by atoms with Crippen molar-refractivity contribution in [2.75, 3.05) is 51.1 Å². The summed E-state index contributed by atoms with van der Waals surface area (Å²) in [5.74, 6) is 6.19. The number of likely N-dealkylation sites (tertiary alicyclic amines) is 1. The van der Waals surface area contributed by atoms with Gasteiger partial charge in [0, 0.05) is 49.5 Å². The summed E-state index contributed by atoms with van der Waals surface area (Å²) in [6.45, 7) is 6.83. The predicted octanol–water partition coefficient (Wildman–Crippen LogP) is 6.37. The third-order valence-electron chi connectivity index (χ3n) is 7.16. The molecule has 43 heavy (non-hydrogen) atoms. The van der Waals surface area contributed by atoms with Crippen molar-refractivity contribution in [3.63, 3.8) is 0 Å². The summed E-state index contributed by atoms with van der Waals surface area (Å²) in [7, 11) is 3.15. The van der Waals surface area contributed by atoms with Crippen molar-refractivity contribution in [1.29, 1.82) is 0 Å². The number of aromatic nitrogens is 1. The smallest absolute Gasteiger partial charge is 0.406 e. The van der Waals surface area contributed by atoms with Gasteiger partial charge in [-0.2, -0.15) is 13.2 Å². The highest BCUT2D eigenvalue weighted by Crippen LogP contribution is 2.32. The Labute approximate surface area is 250 Å². The van der Waals surface area contributed by atoms with Gasteiger partial charge in [-0.3, -0.25) is 9.69 Å². The second-order valence-corrected chi connectivity index (χ2v) is 10.4. The van der Waals surface area contributed by atoms with Gasteiger partial charge in [0.15, 0.2) is 0 Å². The Balaban J connectivity index is 0.00000119. The van der Waals surface area contributed by atoms with E-state index in [2.05, 4.69) is 32.1 Å². The highest BCUT2D eigenvalue weighted by Gasteiger charge is 2.32. The third-order valence-corrected chi connectivity index (χ3v) is 7.16. The molecule has 0 saturated carbocycles. The molecule has 2 atom stereocenters. The fourth-order valence-electron chi connectivity index (χ4n) is 4.82. The first kappa shape index (κ1) is 33.7. The van der Waals surface area contributed by atoms with Crippen LogP contribution in [0.15, 0.2) is 42.5 Å². The number of alkyl halides is 4. The second kappa shape index (κ2) is 15.6. The Bertz CT molecular complexity index is 1410. The van der Waals surface area contributed by atoms with Crippen molar-refractivity contribution < 1.29 is 31.8 Å². The molecule has 0 spiro atoms. The number of methoxy groups -OCH3 is 2. The second-order valence-electron chi connectivity index (χ2n) is 10.4. The molecule has 1 fully saturated rings. The van der Waals surface area contributed by atoms with Crippen LogP contribution < -0.4 is 15.4 Å². The van der Waals surface area contributed by atoms with Gasteiger partial charge in [-0.25, -0.2) is 4.39 Å². The van der Waals surface area contributed by atoms with Crippen LogP contribution in [-0.2, 0) is 11.3 Å². The van der Waals surface area contributed by atoms with Gasteiger partial charge in [0.05, 0.1) is 36.6 Å². The van der Waals surface area contributed by atoms with Crippen molar-refractivity contribution in [3.05, 3.63) is 53.7 Å². The summed E-state index contributed by atoms with van der Waals surface area (Å²) >= 11 is 0. The number of hydrogen-bond donors (Lipinski definition) is 2. The molecule has 2 unspecified atom stereocenters. The first-order chi connectivity index (χ1) is 20.5. The van der Waals surface area contributed by atoms with E-state index >= 15 is 0 Å². The van der Waals surface area contributed by atoms with Gasteiger partial charge in [0.25, 0.3) is 0 Å². The molecular formula is C32H40F4N4O3. The number of piperidine rings is 1. The maximum atomic E-state index is 15.0. The number of nitrogens with one attached hydrogen (secondary N) is 2. The lowest BCUT2D eigenvalue weighted by Crippen LogP contribution is -2.50. The number of carbonyl (C=O) groups is 1. The number of benzene rings is 2. The number of halogens is 4. The molecule has 0 aliphatic carbocycles. The molecule has 1 aliphatic rings. The van der Waals surface area contributed by atoms with Crippen LogP contribution in [0.3, 0.4) is 0 Å². The Morgan fingerprint density at radius 2 is 1.88 bits per heavy atom. The molecule has 1 saturated heterocycles. The van der Waals surface area contributed by atoms with E-state index in [1.54, 1.807) is 49.6 Å². The predicted molar refractivity (Wildman–Crippen MR) is 163 cm³/mol. The van der Waals surface area contributed by atoms with Crippen molar-refractivity contribution in [1.82, 2.24) is 9.47 Å². The number of carbonyl (C=O) groups excluding carboxylic acids is 1. The topological polar surface area (TPSA) is 67.8 Å². The van der Waals surface area contributed by atoms with Crippen LogP contribution >= 0.6 is 0 Å². The number of ether oxygens (including phenoxy) is 2. The van der Waals surface area contributed by atoms with Crippen LogP contribution in [0.1, 0.15) is 43.2 Å². The Kier molecular flexibility index (Phi) is 12.3. The zero-order valence-electron chi connectivity index (χ0n) is 25.2. The summed E-state index contributed by atoms with van der Waals surface area (Å²) in [5.41, 5.74) is 2.21. The Hall–Kier alpha value is -3.75. The molecule has 11 heteroatoms. The summed E-state index contributed by atoms with van der Waals surface area (Å²) in [5, 5.41) is 6.88. The number of fused-ring (bicyclic) bond motifs is 1. The lowest BCUT2D eigenvalue weighted by molar-refractivity contribution is -0.140. The zero-order valence-corrected chi connectivity index (χ0v) is 25.2. The van der Waals surface area contributed by atoms with Gasteiger partial charge < -0.3 is 24.7 Å². The van der Waals surface area contributed by atoms with E-state index in [1.165, 1.54) is 7.11 Å². The maximum Gasteiger partial charge on any atom is 0.406 e. The van der Waals surface area contributed by atoms with Gasteiger partial charge in [-0.05, 0) is 69.5 Å². The Morgan fingerprint density at radius 3 is 2.49 bits per heavy atom. The molecule has 0 amide bonds. The minimum Gasteiger partial charge on any atom is -0.495 e. The first-order valence-corrected chi connectivity index (χ1v) is 14.2. The highest BCUT2D eigenvalue weighted by molar-refractivity contribution is 5.94. The van der Waals surface area contributed by atoms with Crippen LogP contribution in [0, 0.1) is 11.8 Å². The van der Waals surface area contributed by atoms with Gasteiger partial charge in [0.1, 0.15) is 24.8 Å². The summed E-state index contributed by atoms with van der Waals surface area (Å²) in [6, 6.07) is 11.3. The minimum atomic E-state index is -4.45. The van der Waals surface area contributed by atoms with Gasteiger partial charge >= 0.3 is 6.18 Å². The van der Waals surface area contributed by atoms with Crippen LogP contribution in [0.2, 0.25) is 0 Å². The molecule has 234 valence electrons. The van der Waals surface area contributed by atoms with E-state index in [1.807, 2.05) is 20.8 Å². The SMILES string of the molecule is CCOC.COc1cc(C=O)ccc1NCC#Cc1cc2c(NC3CCN(C(C)C)CC3F)cccc2n1CC(F)(F)F. The molecule has 1 aromatic heterocycles. The number of nitrogens with zero attached hydrogens (tertiary/aromatic N) is 2. The van der Waals surface area contributed by atoms with Gasteiger partial charge in [-0.1, -0.05) is 12.0 Å². The molecular weight excluding hydrogens is 564 g/mol. The van der Waals surface area contributed by atoms with Gasteiger partial charge in [-0.15, -0.1) is 0 Å². The monoisotopic (exact) mass is 604 g/mol. The molecule has 1 aliphatic heterocycles. The number of hydrogen-bond acceptors (Lipinski definition) is 6. The van der Waals surface area contributed by atoms with E-state index in [9.17, 15) is 22.4 Å². The van der Waals surface area contributed by atoms with Crippen molar-refractivity contribution >= 4 is 28.6 Å². The quantitative estimate of drug-likeness (QED) is 0.168. The summed E-state index contributed by atoms with van der Waals surface area (Å²) in [4.78, 5) is 13.1. The summed E-state index contributed by atoms with van der Waals surface area (Å²) < 4.78 is 66.5. The molecule has 0 radical (unpaired) electrons. The Morgan fingerprint density at radius 1 is 1.14 bits per heavy atom. The van der Waals surface area contributed by atoms with Crippen LogP contribution in [0.25, 0.3) is 10.9 Å². The third kappa shape index (κ3) is 9.37. The molecule has 3 aromatic rings. The number of anilines is 2. The molecule has 4 rings (SSSR count). The van der Waals surface area contributed by atoms with Crippen LogP contribution in [-0.4, -0.2) is 80.6 Å². The molecule has 0 bridgehead atoms. The maximum absolute atomic E-state index is 15.0. The van der Waals surface area contributed by atoms with Crippen LogP contribution in [0.4, 0.5) is 28.9 Å². The first-order valence-electron chi connectivity index (χ1n) is 14.2. The number of aldehydes is 1.